The SMILES string of the molecule is CCS(=O)(=O)[C@H]1[C@H](C(=O)OC)C1(C)C. The van der Waals surface area contributed by atoms with E-state index < -0.39 is 32.4 Å². The minimum Gasteiger partial charge on any atom is -0.469 e. The Balaban J connectivity index is 2.92. The average molecular weight is 220 g/mol. The zero-order valence-corrected chi connectivity index (χ0v) is 9.72. The Labute approximate surface area is 84.6 Å². The molecule has 1 aliphatic carbocycles. The van der Waals surface area contributed by atoms with Crippen LogP contribution in [-0.4, -0.2) is 32.5 Å². The fraction of sp³-hybridized carbons (Fsp3) is 0.889. The molecule has 0 spiro atoms. The number of methoxy groups -OCH3 is 1. The molecule has 4 nitrogen and oxygen atoms in total. The van der Waals surface area contributed by atoms with Crippen LogP contribution in [0.1, 0.15) is 20.8 Å². The van der Waals surface area contributed by atoms with Crippen LogP contribution in [0, 0.1) is 11.3 Å². The molecule has 0 aromatic carbocycles. The number of carbonyl (C=O) groups excluding carboxylic acids is 1. The number of rotatable bonds is 3. The average Bonchev–Trinajstić information content (AvgIpc) is 2.68. The summed E-state index contributed by atoms with van der Waals surface area (Å²) in [4.78, 5) is 11.3. The van der Waals surface area contributed by atoms with Crippen molar-refractivity contribution in [2.75, 3.05) is 12.9 Å². The van der Waals surface area contributed by atoms with Gasteiger partial charge in [-0.05, 0) is 5.41 Å². The molecule has 0 unspecified atom stereocenters. The molecule has 0 amide bonds. The molecule has 5 heteroatoms. The summed E-state index contributed by atoms with van der Waals surface area (Å²) >= 11 is 0. The highest BCUT2D eigenvalue weighted by atomic mass is 32.2. The van der Waals surface area contributed by atoms with Gasteiger partial charge in [0, 0.05) is 5.75 Å². The van der Waals surface area contributed by atoms with Crippen LogP contribution in [0.5, 0.6) is 0 Å². The van der Waals surface area contributed by atoms with Crippen LogP contribution in [0.2, 0.25) is 0 Å². The molecule has 0 N–H and O–H groups in total. The van der Waals surface area contributed by atoms with E-state index in [1.54, 1.807) is 20.8 Å². The molecule has 0 radical (unpaired) electrons. The first-order chi connectivity index (χ1) is 6.29. The lowest BCUT2D eigenvalue weighted by atomic mass is 10.1. The maximum Gasteiger partial charge on any atom is 0.310 e. The topological polar surface area (TPSA) is 60.4 Å². The highest BCUT2D eigenvalue weighted by Crippen LogP contribution is 2.56. The minimum atomic E-state index is -3.14. The van der Waals surface area contributed by atoms with Crippen LogP contribution in [0.4, 0.5) is 0 Å². The zero-order chi connectivity index (χ0) is 11.1. The second kappa shape index (κ2) is 3.22. The highest BCUT2D eigenvalue weighted by Gasteiger charge is 2.68. The molecule has 0 saturated heterocycles. The minimum absolute atomic E-state index is 0.0780. The third-order valence-electron chi connectivity index (χ3n) is 2.97. The van der Waals surface area contributed by atoms with E-state index in [-0.39, 0.29) is 5.75 Å². The van der Waals surface area contributed by atoms with Gasteiger partial charge in [-0.1, -0.05) is 20.8 Å². The summed E-state index contributed by atoms with van der Waals surface area (Å²) in [7, 11) is -1.85. The van der Waals surface area contributed by atoms with Gasteiger partial charge in [-0.3, -0.25) is 4.79 Å². The molecular formula is C9H16O4S. The molecule has 0 aromatic rings. The third-order valence-corrected chi connectivity index (χ3v) is 5.43. The Bertz CT molecular complexity index is 342. The number of ether oxygens (including phenoxy) is 1. The van der Waals surface area contributed by atoms with Crippen molar-refractivity contribution < 1.29 is 17.9 Å². The molecular weight excluding hydrogens is 204 g/mol. The van der Waals surface area contributed by atoms with Gasteiger partial charge in [0.15, 0.2) is 9.84 Å². The van der Waals surface area contributed by atoms with E-state index in [1.165, 1.54) is 7.11 Å². The molecule has 1 rings (SSSR count). The monoisotopic (exact) mass is 220 g/mol. The second-order valence-electron chi connectivity index (χ2n) is 4.19. The standard InChI is InChI=1S/C9H16O4S/c1-5-14(11,12)7-6(8(10)13-4)9(7,2)3/h6-7H,5H2,1-4H3/t6-,7+/m1/s1. The molecule has 0 aliphatic heterocycles. The Kier molecular flexibility index (Phi) is 2.65. The van der Waals surface area contributed by atoms with E-state index in [1.807, 2.05) is 0 Å². The highest BCUT2D eigenvalue weighted by molar-refractivity contribution is 7.92. The van der Waals surface area contributed by atoms with Crippen molar-refractivity contribution in [1.82, 2.24) is 0 Å². The first-order valence-electron chi connectivity index (χ1n) is 4.58. The maximum absolute atomic E-state index is 11.6. The second-order valence-corrected chi connectivity index (χ2v) is 6.61. The number of hydrogen-bond donors (Lipinski definition) is 0. The summed E-state index contributed by atoms with van der Waals surface area (Å²) in [6.07, 6.45) is 0. The molecule has 82 valence electrons. The summed E-state index contributed by atoms with van der Waals surface area (Å²) in [5.74, 6) is -0.830. The summed E-state index contributed by atoms with van der Waals surface area (Å²) < 4.78 is 27.8. The molecule has 14 heavy (non-hydrogen) atoms. The molecule has 1 fully saturated rings. The van der Waals surface area contributed by atoms with E-state index >= 15 is 0 Å². The summed E-state index contributed by atoms with van der Waals surface area (Å²) in [5, 5.41) is -0.563. The first kappa shape index (κ1) is 11.5. The number of esters is 1. The van der Waals surface area contributed by atoms with Crippen molar-refractivity contribution in [2.24, 2.45) is 11.3 Å². The zero-order valence-electron chi connectivity index (χ0n) is 8.90. The van der Waals surface area contributed by atoms with Crippen LogP contribution in [-0.2, 0) is 19.4 Å². The van der Waals surface area contributed by atoms with Crippen molar-refractivity contribution >= 4 is 15.8 Å². The van der Waals surface area contributed by atoms with Crippen molar-refractivity contribution in [3.63, 3.8) is 0 Å². The predicted molar refractivity (Wildman–Crippen MR) is 52.5 cm³/mol. The Morgan fingerprint density at radius 3 is 2.29 bits per heavy atom. The molecule has 1 saturated carbocycles. The molecule has 0 aromatic heterocycles. The number of hydrogen-bond acceptors (Lipinski definition) is 4. The van der Waals surface area contributed by atoms with Crippen molar-refractivity contribution in [3.8, 4) is 0 Å². The van der Waals surface area contributed by atoms with Crippen LogP contribution >= 0.6 is 0 Å². The largest absolute Gasteiger partial charge is 0.469 e. The van der Waals surface area contributed by atoms with Gasteiger partial charge in [0.1, 0.15) is 0 Å². The lowest BCUT2D eigenvalue weighted by Gasteiger charge is -2.00. The molecule has 2 atom stereocenters. The third kappa shape index (κ3) is 1.54. The van der Waals surface area contributed by atoms with E-state index in [0.29, 0.717) is 0 Å². The van der Waals surface area contributed by atoms with Gasteiger partial charge in [-0.25, -0.2) is 8.42 Å². The molecule has 1 aliphatic rings. The van der Waals surface area contributed by atoms with Gasteiger partial charge in [0.2, 0.25) is 0 Å². The first-order valence-corrected chi connectivity index (χ1v) is 6.30. The lowest BCUT2D eigenvalue weighted by Crippen LogP contribution is -2.16. The maximum atomic E-state index is 11.6. The van der Waals surface area contributed by atoms with Gasteiger partial charge in [-0.2, -0.15) is 0 Å². The van der Waals surface area contributed by atoms with Gasteiger partial charge in [0.05, 0.1) is 18.3 Å². The molecule has 0 bridgehead atoms. The van der Waals surface area contributed by atoms with Crippen molar-refractivity contribution in [2.45, 2.75) is 26.0 Å². The fourth-order valence-electron chi connectivity index (χ4n) is 1.99. The fourth-order valence-corrected chi connectivity index (χ4v) is 4.22. The van der Waals surface area contributed by atoms with Crippen molar-refractivity contribution in [3.05, 3.63) is 0 Å². The lowest BCUT2D eigenvalue weighted by molar-refractivity contribution is -0.142. The summed E-state index contributed by atoms with van der Waals surface area (Å²) in [6, 6.07) is 0. The predicted octanol–water partition coefficient (Wildman–Crippen LogP) is 0.619. The van der Waals surface area contributed by atoms with Gasteiger partial charge in [0.25, 0.3) is 0 Å². The van der Waals surface area contributed by atoms with E-state index in [4.69, 9.17) is 0 Å². The Morgan fingerprint density at radius 1 is 1.43 bits per heavy atom. The summed E-state index contributed by atoms with van der Waals surface area (Å²) in [5.41, 5.74) is -0.470. The van der Waals surface area contributed by atoms with Gasteiger partial charge < -0.3 is 4.74 Å². The van der Waals surface area contributed by atoms with Gasteiger partial charge >= 0.3 is 5.97 Å². The number of carbonyl (C=O) groups is 1. The van der Waals surface area contributed by atoms with Crippen LogP contribution in [0.3, 0.4) is 0 Å². The van der Waals surface area contributed by atoms with E-state index in [2.05, 4.69) is 4.74 Å². The van der Waals surface area contributed by atoms with E-state index in [9.17, 15) is 13.2 Å². The molecule has 0 heterocycles. The van der Waals surface area contributed by atoms with E-state index in [0.717, 1.165) is 0 Å². The van der Waals surface area contributed by atoms with Crippen LogP contribution < -0.4 is 0 Å². The smallest absolute Gasteiger partial charge is 0.310 e. The summed E-state index contributed by atoms with van der Waals surface area (Å²) in [6.45, 7) is 5.16. The van der Waals surface area contributed by atoms with Crippen molar-refractivity contribution in [1.29, 1.82) is 0 Å². The quantitative estimate of drug-likeness (QED) is 0.654. The van der Waals surface area contributed by atoms with Crippen LogP contribution in [0.15, 0.2) is 0 Å². The number of sulfone groups is 1. The van der Waals surface area contributed by atoms with Crippen LogP contribution in [0.25, 0.3) is 0 Å². The Hall–Kier alpha value is -0.580. The van der Waals surface area contributed by atoms with Gasteiger partial charge in [-0.15, -0.1) is 0 Å². The normalized spacial score (nSPS) is 29.7. The Morgan fingerprint density at radius 2 is 1.93 bits per heavy atom.